The van der Waals surface area contributed by atoms with Crippen molar-refractivity contribution in [2.75, 3.05) is 13.1 Å². The Balaban J connectivity index is 1.19. The van der Waals surface area contributed by atoms with Gasteiger partial charge in [-0.15, -0.1) is 0 Å². The van der Waals surface area contributed by atoms with E-state index in [1.807, 2.05) is 4.90 Å². The van der Waals surface area contributed by atoms with Crippen molar-refractivity contribution in [3.05, 3.63) is 53.7 Å². The first kappa shape index (κ1) is 23.6. The molecule has 1 aromatic heterocycles. The molecule has 0 unspecified atom stereocenters. The number of hydrogen-bond donors (Lipinski definition) is 0. The maximum Gasteiger partial charge on any atom is 0.275 e. The number of carbonyl (C=O) groups is 1. The largest absolute Gasteiger partial charge is 0.448 e. The van der Waals surface area contributed by atoms with E-state index in [9.17, 15) is 4.79 Å². The van der Waals surface area contributed by atoms with E-state index in [0.29, 0.717) is 24.0 Å². The predicted octanol–water partition coefficient (Wildman–Crippen LogP) is 6.39. The third kappa shape index (κ3) is 5.25. The van der Waals surface area contributed by atoms with Gasteiger partial charge in [0, 0.05) is 19.0 Å². The molecule has 0 spiro atoms. The fourth-order valence-electron chi connectivity index (χ4n) is 6.58. The van der Waals surface area contributed by atoms with Gasteiger partial charge in [0.25, 0.3) is 5.91 Å². The lowest BCUT2D eigenvalue weighted by Crippen LogP contribution is -2.32. The molecule has 1 saturated carbocycles. The molecule has 1 amide bonds. The zero-order valence-corrected chi connectivity index (χ0v) is 20.7. The van der Waals surface area contributed by atoms with Gasteiger partial charge < -0.3 is 14.1 Å². The number of carbonyl (C=O) groups excluding carboxylic acids is 1. The molecule has 1 aliphatic carbocycles. The Morgan fingerprint density at radius 1 is 1.03 bits per heavy atom. The Hall–Kier alpha value is -2.14. The van der Waals surface area contributed by atoms with Gasteiger partial charge in [-0.05, 0) is 44.1 Å². The van der Waals surface area contributed by atoms with Crippen LogP contribution in [0, 0.1) is 11.8 Å². The molecule has 2 saturated heterocycles. The number of aromatic nitrogens is 1. The molecular weight excluding hydrogens is 424 g/mol. The maximum atomic E-state index is 13.2. The minimum atomic E-state index is -0.00106. The Labute approximate surface area is 204 Å². The van der Waals surface area contributed by atoms with Crippen molar-refractivity contribution in [2.24, 2.45) is 11.8 Å². The van der Waals surface area contributed by atoms with Crippen LogP contribution in [0.3, 0.4) is 0 Å². The van der Waals surface area contributed by atoms with E-state index in [-0.39, 0.29) is 24.0 Å². The highest BCUT2D eigenvalue weighted by Gasteiger charge is 2.51. The van der Waals surface area contributed by atoms with Crippen LogP contribution in [-0.2, 0) is 11.2 Å². The first-order valence-corrected chi connectivity index (χ1v) is 13.7. The van der Waals surface area contributed by atoms with Crippen LogP contribution in [0.5, 0.6) is 0 Å². The number of ether oxygens (including phenoxy) is 1. The van der Waals surface area contributed by atoms with Gasteiger partial charge in [0.1, 0.15) is 6.26 Å². The molecule has 0 N–H and O–H groups in total. The van der Waals surface area contributed by atoms with Gasteiger partial charge in [-0.1, -0.05) is 75.3 Å². The van der Waals surface area contributed by atoms with Crippen molar-refractivity contribution in [3.63, 3.8) is 0 Å². The number of nitrogens with zero attached hydrogens (tertiary/aromatic N) is 2. The van der Waals surface area contributed by atoms with Crippen molar-refractivity contribution >= 4 is 5.91 Å². The van der Waals surface area contributed by atoms with E-state index in [0.717, 1.165) is 38.1 Å². The molecule has 4 atom stereocenters. The number of hydrogen-bond acceptors (Lipinski definition) is 4. The highest BCUT2D eigenvalue weighted by Crippen LogP contribution is 2.49. The van der Waals surface area contributed by atoms with Gasteiger partial charge in [0.05, 0.1) is 18.1 Å². The molecule has 3 heterocycles. The topological polar surface area (TPSA) is 55.6 Å². The summed E-state index contributed by atoms with van der Waals surface area (Å²) in [6.45, 7) is 3.57. The van der Waals surface area contributed by atoms with E-state index in [1.165, 1.54) is 50.5 Å². The quantitative estimate of drug-likeness (QED) is 0.382. The number of fused-ring (bicyclic) bond motifs is 2. The van der Waals surface area contributed by atoms with E-state index in [2.05, 4.69) is 37.3 Å². The van der Waals surface area contributed by atoms with Crippen LogP contribution < -0.4 is 0 Å². The van der Waals surface area contributed by atoms with Crippen LogP contribution >= 0.6 is 0 Å². The van der Waals surface area contributed by atoms with Crippen LogP contribution in [0.25, 0.3) is 0 Å². The second-order valence-electron chi connectivity index (χ2n) is 10.6. The van der Waals surface area contributed by atoms with Gasteiger partial charge in [-0.3, -0.25) is 4.79 Å². The number of oxazole rings is 1. The van der Waals surface area contributed by atoms with Crippen LogP contribution in [0.4, 0.5) is 0 Å². The summed E-state index contributed by atoms with van der Waals surface area (Å²) in [5, 5.41) is 0. The number of rotatable bonds is 10. The van der Waals surface area contributed by atoms with Crippen molar-refractivity contribution < 1.29 is 13.9 Å². The summed E-state index contributed by atoms with van der Waals surface area (Å²) in [5.74, 6) is 2.07. The molecule has 184 valence electrons. The minimum Gasteiger partial charge on any atom is -0.448 e. The molecule has 34 heavy (non-hydrogen) atoms. The van der Waals surface area contributed by atoms with Crippen LogP contribution in [0.15, 0.2) is 41.0 Å². The Bertz CT molecular complexity index is 920. The van der Waals surface area contributed by atoms with Crippen LogP contribution in [0.1, 0.15) is 99.0 Å². The van der Waals surface area contributed by atoms with Gasteiger partial charge in [-0.25, -0.2) is 4.98 Å². The zero-order valence-electron chi connectivity index (χ0n) is 20.7. The molecule has 5 heteroatoms. The lowest BCUT2D eigenvalue weighted by atomic mass is 9.76. The summed E-state index contributed by atoms with van der Waals surface area (Å²) < 4.78 is 12.2. The summed E-state index contributed by atoms with van der Waals surface area (Å²) in [5.41, 5.74) is 1.77. The van der Waals surface area contributed by atoms with Gasteiger partial charge in [0.15, 0.2) is 5.69 Å². The molecule has 3 fully saturated rings. The third-order valence-corrected chi connectivity index (χ3v) is 8.45. The van der Waals surface area contributed by atoms with E-state index < -0.39 is 0 Å². The molecule has 2 aliphatic heterocycles. The molecule has 2 bridgehead atoms. The summed E-state index contributed by atoms with van der Waals surface area (Å²) in [6.07, 6.45) is 15.7. The molecule has 0 radical (unpaired) electrons. The molecule has 2 aromatic rings. The fraction of sp³-hybridized carbons (Fsp3) is 0.655. The highest BCUT2D eigenvalue weighted by atomic mass is 16.5. The predicted molar refractivity (Wildman–Crippen MR) is 133 cm³/mol. The van der Waals surface area contributed by atoms with E-state index in [4.69, 9.17) is 14.1 Å². The van der Waals surface area contributed by atoms with Crippen LogP contribution in [0.2, 0.25) is 0 Å². The van der Waals surface area contributed by atoms with Crippen molar-refractivity contribution in [2.45, 2.75) is 95.7 Å². The van der Waals surface area contributed by atoms with Crippen molar-refractivity contribution in [1.29, 1.82) is 0 Å². The van der Waals surface area contributed by atoms with Crippen LogP contribution in [-0.4, -0.2) is 41.1 Å². The number of amides is 1. The average molecular weight is 465 g/mol. The monoisotopic (exact) mass is 464 g/mol. The molecule has 5 rings (SSSR count). The minimum absolute atomic E-state index is 0.00106. The zero-order chi connectivity index (χ0) is 23.3. The third-order valence-electron chi connectivity index (χ3n) is 8.45. The molecular formula is C29H40N2O3. The Kier molecular flexibility index (Phi) is 7.68. The Morgan fingerprint density at radius 3 is 2.62 bits per heavy atom. The summed E-state index contributed by atoms with van der Waals surface area (Å²) in [4.78, 5) is 19.9. The first-order valence-electron chi connectivity index (χ1n) is 13.7. The van der Waals surface area contributed by atoms with Gasteiger partial charge >= 0.3 is 0 Å². The average Bonchev–Trinajstić information content (AvgIpc) is 3.62. The smallest absolute Gasteiger partial charge is 0.275 e. The highest BCUT2D eigenvalue weighted by molar-refractivity contribution is 5.92. The summed E-state index contributed by atoms with van der Waals surface area (Å²) >= 11 is 0. The second kappa shape index (κ2) is 11.1. The standard InChI is InChI=1S/C29H40N2O3/c1-2-31(18-10-9-13-21-11-5-3-6-12-21)29(32)24-20-33-28(30-24)27-23(25-16-17-26(27)34-25)19-22-14-7-4-8-15-22/h4,7-8,14-15,20-21,23,25-27H,2-3,5-6,9-13,16-19H2,1H3/t23-,25-,26+,27-/m0/s1. The Morgan fingerprint density at radius 2 is 1.82 bits per heavy atom. The number of benzene rings is 1. The van der Waals surface area contributed by atoms with E-state index >= 15 is 0 Å². The normalized spacial score (nSPS) is 26.7. The molecule has 5 nitrogen and oxygen atoms in total. The van der Waals surface area contributed by atoms with Crippen molar-refractivity contribution in [3.8, 4) is 0 Å². The van der Waals surface area contributed by atoms with Gasteiger partial charge in [0.2, 0.25) is 5.89 Å². The number of unbranched alkanes of at least 4 members (excludes halogenated alkanes) is 1. The molecule has 3 aliphatic rings. The van der Waals surface area contributed by atoms with Gasteiger partial charge in [-0.2, -0.15) is 0 Å². The fourth-order valence-corrected chi connectivity index (χ4v) is 6.58. The SMILES string of the molecule is CCN(CCCCC1CCCCC1)C(=O)c1coc([C@H]2[C@@H](Cc3ccccc3)[C@@H]3CC[C@H]2O3)n1. The lowest BCUT2D eigenvalue weighted by molar-refractivity contribution is 0.0754. The van der Waals surface area contributed by atoms with E-state index in [1.54, 1.807) is 6.26 Å². The summed E-state index contributed by atoms with van der Waals surface area (Å²) in [6, 6.07) is 10.6. The second-order valence-corrected chi connectivity index (χ2v) is 10.6. The van der Waals surface area contributed by atoms with Crippen molar-refractivity contribution in [1.82, 2.24) is 9.88 Å². The summed E-state index contributed by atoms with van der Waals surface area (Å²) in [7, 11) is 0. The maximum absolute atomic E-state index is 13.2. The first-order chi connectivity index (χ1) is 16.7. The lowest BCUT2D eigenvalue weighted by Gasteiger charge is -2.25. The molecule has 1 aromatic carbocycles.